The normalized spacial score (nSPS) is 17.5. The van der Waals surface area contributed by atoms with Gasteiger partial charge in [-0.25, -0.2) is 0 Å². The average Bonchev–Trinajstić information content (AvgIpc) is 3.32. The number of benzene rings is 1. The molecule has 3 heterocycles. The van der Waals surface area contributed by atoms with Gasteiger partial charge in [0.05, 0.1) is 11.9 Å². The summed E-state index contributed by atoms with van der Waals surface area (Å²) in [4.78, 5) is 33.4. The molecule has 0 spiro atoms. The van der Waals surface area contributed by atoms with E-state index in [1.165, 1.54) is 0 Å². The standard InChI is InChI=1S/C24H32N10O2/c1-5-33-13-18(12-26-33)27-22-20(21(25)35)30-31-24(29-22)34-14-17(9-6-15(34)2)28-23(36)16-7-10-19(11-8-16)32(3)4/h7-8,10-13,15,17H,5-6,9,14H2,1-4H3,(H2,25,35)(H,28,36)(H,27,29,31)/t15-,17+/m0/s1. The van der Waals surface area contributed by atoms with Crippen molar-refractivity contribution in [3.63, 3.8) is 0 Å². The predicted octanol–water partition coefficient (Wildman–Crippen LogP) is 1.78. The molecule has 12 nitrogen and oxygen atoms in total. The lowest BCUT2D eigenvalue weighted by Gasteiger charge is -2.38. The maximum absolute atomic E-state index is 12.9. The zero-order valence-corrected chi connectivity index (χ0v) is 21.0. The van der Waals surface area contributed by atoms with E-state index < -0.39 is 5.91 Å². The lowest BCUT2D eigenvalue weighted by atomic mass is 9.99. The maximum atomic E-state index is 12.9. The number of hydrogen-bond acceptors (Lipinski definition) is 9. The van der Waals surface area contributed by atoms with Crippen LogP contribution in [0.25, 0.3) is 0 Å². The van der Waals surface area contributed by atoms with E-state index >= 15 is 0 Å². The number of primary amides is 1. The lowest BCUT2D eigenvalue weighted by Crippen LogP contribution is -2.51. The van der Waals surface area contributed by atoms with E-state index in [2.05, 4.69) is 37.8 Å². The molecular weight excluding hydrogens is 460 g/mol. The number of aromatic nitrogens is 5. The van der Waals surface area contributed by atoms with Crippen molar-refractivity contribution in [3.8, 4) is 0 Å². The van der Waals surface area contributed by atoms with Crippen LogP contribution in [0.2, 0.25) is 0 Å². The van der Waals surface area contributed by atoms with E-state index in [9.17, 15) is 9.59 Å². The highest BCUT2D eigenvalue weighted by atomic mass is 16.2. The molecule has 2 amide bonds. The van der Waals surface area contributed by atoms with Gasteiger partial charge in [-0.05, 0) is 51.0 Å². The van der Waals surface area contributed by atoms with Crippen LogP contribution in [0.4, 0.5) is 23.1 Å². The van der Waals surface area contributed by atoms with E-state index in [1.807, 2.05) is 55.1 Å². The monoisotopic (exact) mass is 492 g/mol. The summed E-state index contributed by atoms with van der Waals surface area (Å²) < 4.78 is 1.75. The second-order valence-corrected chi connectivity index (χ2v) is 9.07. The van der Waals surface area contributed by atoms with Gasteiger partial charge >= 0.3 is 0 Å². The van der Waals surface area contributed by atoms with Gasteiger partial charge < -0.3 is 26.2 Å². The van der Waals surface area contributed by atoms with Crippen LogP contribution in [0.5, 0.6) is 0 Å². The molecule has 0 radical (unpaired) electrons. The molecule has 1 aliphatic rings. The Kier molecular flexibility index (Phi) is 7.32. The minimum Gasteiger partial charge on any atom is -0.378 e. The molecule has 1 aromatic carbocycles. The van der Waals surface area contributed by atoms with Gasteiger partial charge in [0.1, 0.15) is 0 Å². The van der Waals surface area contributed by atoms with Crippen LogP contribution in [0.15, 0.2) is 36.7 Å². The van der Waals surface area contributed by atoms with Crippen molar-refractivity contribution >= 4 is 35.0 Å². The Morgan fingerprint density at radius 3 is 2.56 bits per heavy atom. The molecule has 0 aliphatic carbocycles. The fourth-order valence-electron chi connectivity index (χ4n) is 4.11. The average molecular weight is 493 g/mol. The summed E-state index contributed by atoms with van der Waals surface area (Å²) in [5.74, 6) is -0.295. The lowest BCUT2D eigenvalue weighted by molar-refractivity contribution is 0.0929. The molecule has 190 valence electrons. The molecule has 0 bridgehead atoms. The summed E-state index contributed by atoms with van der Waals surface area (Å²) in [6.45, 7) is 5.26. The van der Waals surface area contributed by atoms with Crippen molar-refractivity contribution in [1.82, 2.24) is 30.3 Å². The zero-order chi connectivity index (χ0) is 25.8. The number of nitrogens with zero attached hydrogens (tertiary/aromatic N) is 7. The Morgan fingerprint density at radius 1 is 1.17 bits per heavy atom. The van der Waals surface area contributed by atoms with Gasteiger partial charge in [0, 0.05) is 56.7 Å². The third-order valence-corrected chi connectivity index (χ3v) is 6.25. The highest BCUT2D eigenvalue weighted by Crippen LogP contribution is 2.25. The molecule has 1 saturated heterocycles. The van der Waals surface area contributed by atoms with E-state index in [0.717, 1.165) is 18.5 Å². The Bertz CT molecular complexity index is 1220. The summed E-state index contributed by atoms with van der Waals surface area (Å²) in [6, 6.07) is 7.51. The Balaban J connectivity index is 1.51. The number of carbonyl (C=O) groups excluding carboxylic acids is 2. The molecule has 0 saturated carbocycles. The topological polar surface area (TPSA) is 147 Å². The van der Waals surface area contributed by atoms with Crippen molar-refractivity contribution < 1.29 is 9.59 Å². The summed E-state index contributed by atoms with van der Waals surface area (Å²) in [7, 11) is 3.91. The number of piperidine rings is 1. The first-order valence-electron chi connectivity index (χ1n) is 11.9. The molecule has 3 aromatic rings. The molecule has 4 rings (SSSR count). The summed E-state index contributed by atoms with van der Waals surface area (Å²) in [5, 5.41) is 18.7. The summed E-state index contributed by atoms with van der Waals surface area (Å²) in [5.41, 5.74) is 7.74. The summed E-state index contributed by atoms with van der Waals surface area (Å²) in [6.07, 6.45) is 5.09. The number of aryl methyl sites for hydroxylation is 1. The van der Waals surface area contributed by atoms with Gasteiger partial charge in [0.15, 0.2) is 11.5 Å². The minimum atomic E-state index is -0.732. The molecule has 4 N–H and O–H groups in total. The SMILES string of the molecule is CCn1cc(Nc2nc(N3C[C@H](NC(=O)c4ccc(N(C)C)cc4)CC[C@@H]3C)nnc2C(N)=O)cn1. The number of nitrogens with one attached hydrogen (secondary N) is 2. The van der Waals surface area contributed by atoms with E-state index in [0.29, 0.717) is 30.3 Å². The van der Waals surface area contributed by atoms with Gasteiger partial charge in [-0.3, -0.25) is 14.3 Å². The zero-order valence-electron chi connectivity index (χ0n) is 21.0. The first-order chi connectivity index (χ1) is 17.2. The number of rotatable bonds is 8. The predicted molar refractivity (Wildman–Crippen MR) is 138 cm³/mol. The molecule has 36 heavy (non-hydrogen) atoms. The quantitative estimate of drug-likeness (QED) is 0.428. The van der Waals surface area contributed by atoms with Gasteiger partial charge in [-0.1, -0.05) is 0 Å². The van der Waals surface area contributed by atoms with Crippen LogP contribution in [-0.4, -0.2) is 69.5 Å². The molecule has 1 fully saturated rings. The van der Waals surface area contributed by atoms with Crippen LogP contribution in [0.1, 0.15) is 47.5 Å². The van der Waals surface area contributed by atoms with E-state index in [1.54, 1.807) is 17.1 Å². The smallest absolute Gasteiger partial charge is 0.273 e. The van der Waals surface area contributed by atoms with Crippen LogP contribution < -0.4 is 26.2 Å². The van der Waals surface area contributed by atoms with Crippen LogP contribution in [-0.2, 0) is 6.54 Å². The Labute approximate surface area is 209 Å². The molecule has 0 unspecified atom stereocenters. The number of carbonyl (C=O) groups is 2. The minimum absolute atomic E-state index is 0.0568. The largest absolute Gasteiger partial charge is 0.378 e. The van der Waals surface area contributed by atoms with Gasteiger partial charge in [0.2, 0.25) is 5.95 Å². The van der Waals surface area contributed by atoms with Crippen LogP contribution in [0.3, 0.4) is 0 Å². The van der Waals surface area contributed by atoms with E-state index in [-0.39, 0.29) is 29.5 Å². The van der Waals surface area contributed by atoms with Crippen LogP contribution in [0, 0.1) is 0 Å². The molecule has 1 aliphatic heterocycles. The molecule has 2 atom stereocenters. The van der Waals surface area contributed by atoms with Crippen molar-refractivity contribution in [2.45, 2.75) is 45.3 Å². The summed E-state index contributed by atoms with van der Waals surface area (Å²) >= 11 is 0. The first-order valence-corrected chi connectivity index (χ1v) is 11.9. The highest BCUT2D eigenvalue weighted by molar-refractivity contribution is 5.96. The van der Waals surface area contributed by atoms with E-state index in [4.69, 9.17) is 5.73 Å². The number of anilines is 4. The third-order valence-electron chi connectivity index (χ3n) is 6.25. The number of hydrogen-bond donors (Lipinski definition) is 3. The Morgan fingerprint density at radius 2 is 1.92 bits per heavy atom. The second-order valence-electron chi connectivity index (χ2n) is 9.07. The highest BCUT2D eigenvalue weighted by Gasteiger charge is 2.30. The fourth-order valence-corrected chi connectivity index (χ4v) is 4.11. The molecular formula is C24H32N10O2. The van der Waals surface area contributed by atoms with Crippen molar-refractivity contribution in [3.05, 3.63) is 47.9 Å². The molecule has 12 heteroatoms. The van der Waals surface area contributed by atoms with Gasteiger partial charge in [-0.2, -0.15) is 10.1 Å². The first kappa shape index (κ1) is 24.9. The van der Waals surface area contributed by atoms with Crippen molar-refractivity contribution in [2.75, 3.05) is 35.8 Å². The Hall–Kier alpha value is -4.22. The number of amides is 2. The van der Waals surface area contributed by atoms with Gasteiger partial charge in [-0.15, -0.1) is 10.2 Å². The molecule has 2 aromatic heterocycles. The van der Waals surface area contributed by atoms with Crippen molar-refractivity contribution in [1.29, 1.82) is 0 Å². The third kappa shape index (κ3) is 5.53. The fraction of sp³-hybridized carbons (Fsp3) is 0.417. The maximum Gasteiger partial charge on any atom is 0.273 e. The second kappa shape index (κ2) is 10.6. The van der Waals surface area contributed by atoms with Gasteiger partial charge in [0.25, 0.3) is 11.8 Å². The number of nitrogens with two attached hydrogens (primary N) is 1. The van der Waals surface area contributed by atoms with Crippen molar-refractivity contribution in [2.24, 2.45) is 5.73 Å². The van der Waals surface area contributed by atoms with Crippen LogP contribution >= 0.6 is 0 Å².